The highest BCUT2D eigenvalue weighted by Gasteiger charge is 2.62. The molecular weight excluding hydrogens is 408 g/mol. The van der Waals surface area contributed by atoms with E-state index in [0.29, 0.717) is 29.6 Å². The standard InChI is InChI=1S/C26H38O4S/c1-17-7-10-19(11-8-17)31(28,29)30-23-16-22-20-12-9-18-6-4-5-14-25(18,2)21(20)13-15-26(22,3)24(23)27/h7-8,10-11,18,20-24,27H,4-6,9,12-16H2,1-3H3/t18-,20-,21-,22-,23-,24+,25+,26-/m1/s1. The summed E-state index contributed by atoms with van der Waals surface area (Å²) in [6.07, 6.45) is 9.41. The summed E-state index contributed by atoms with van der Waals surface area (Å²) in [6.45, 7) is 6.66. The average Bonchev–Trinajstić information content (AvgIpc) is 2.98. The van der Waals surface area contributed by atoms with Crippen LogP contribution in [-0.2, 0) is 14.3 Å². The number of aliphatic hydroxyl groups excluding tert-OH is 1. The number of hydrogen-bond donors (Lipinski definition) is 1. The molecular formula is C26H38O4S. The van der Waals surface area contributed by atoms with Crippen LogP contribution in [0.5, 0.6) is 0 Å². The van der Waals surface area contributed by atoms with E-state index in [1.54, 1.807) is 24.3 Å². The second-order valence-corrected chi connectivity index (χ2v) is 13.1. The topological polar surface area (TPSA) is 63.6 Å². The zero-order chi connectivity index (χ0) is 22.0. The quantitative estimate of drug-likeness (QED) is 0.625. The molecule has 0 radical (unpaired) electrons. The first-order valence-electron chi connectivity index (χ1n) is 12.3. The summed E-state index contributed by atoms with van der Waals surface area (Å²) in [5.41, 5.74) is 1.20. The van der Waals surface area contributed by atoms with Crippen molar-refractivity contribution in [2.24, 2.45) is 34.5 Å². The minimum absolute atomic E-state index is 0.179. The van der Waals surface area contributed by atoms with Crippen LogP contribution in [0.3, 0.4) is 0 Å². The van der Waals surface area contributed by atoms with Gasteiger partial charge in [0.1, 0.15) is 6.10 Å². The van der Waals surface area contributed by atoms with Gasteiger partial charge < -0.3 is 5.11 Å². The maximum Gasteiger partial charge on any atom is 0.297 e. The lowest BCUT2D eigenvalue weighted by molar-refractivity contribution is -0.122. The predicted octanol–water partition coefficient (Wildman–Crippen LogP) is 5.47. The molecule has 0 amide bonds. The molecule has 0 saturated heterocycles. The van der Waals surface area contributed by atoms with E-state index < -0.39 is 22.3 Å². The lowest BCUT2D eigenvalue weighted by Gasteiger charge is -2.60. The van der Waals surface area contributed by atoms with Crippen LogP contribution >= 0.6 is 0 Å². The molecule has 5 rings (SSSR count). The Morgan fingerprint density at radius 2 is 1.68 bits per heavy atom. The number of aliphatic hydroxyl groups is 1. The lowest BCUT2D eigenvalue weighted by Crippen LogP contribution is -2.53. The van der Waals surface area contributed by atoms with Gasteiger partial charge in [-0.3, -0.25) is 4.18 Å². The number of benzene rings is 1. The van der Waals surface area contributed by atoms with Crippen LogP contribution in [0, 0.1) is 41.4 Å². The summed E-state index contributed by atoms with van der Waals surface area (Å²) >= 11 is 0. The molecule has 1 N–H and O–H groups in total. The van der Waals surface area contributed by atoms with Gasteiger partial charge in [0.15, 0.2) is 0 Å². The molecule has 1 aromatic carbocycles. The highest BCUT2D eigenvalue weighted by Crippen LogP contribution is 2.66. The highest BCUT2D eigenvalue weighted by molar-refractivity contribution is 7.86. The first-order valence-corrected chi connectivity index (χ1v) is 13.7. The zero-order valence-electron chi connectivity index (χ0n) is 19.2. The molecule has 0 aliphatic heterocycles. The van der Waals surface area contributed by atoms with Crippen molar-refractivity contribution in [2.45, 2.75) is 95.7 Å². The number of fused-ring (bicyclic) bond motifs is 5. The summed E-state index contributed by atoms with van der Waals surface area (Å²) < 4.78 is 31.6. The van der Waals surface area contributed by atoms with Crippen LogP contribution < -0.4 is 0 Å². The molecule has 8 atom stereocenters. The summed E-state index contributed by atoms with van der Waals surface area (Å²) in [6, 6.07) is 6.77. The first kappa shape index (κ1) is 21.9. The molecule has 172 valence electrons. The number of aryl methyl sites for hydroxylation is 1. The van der Waals surface area contributed by atoms with Crippen LogP contribution in [0.1, 0.15) is 77.2 Å². The Morgan fingerprint density at radius 1 is 0.935 bits per heavy atom. The maximum absolute atomic E-state index is 12.9. The van der Waals surface area contributed by atoms with Gasteiger partial charge in [-0.15, -0.1) is 0 Å². The van der Waals surface area contributed by atoms with Gasteiger partial charge in [0.05, 0.1) is 11.0 Å². The van der Waals surface area contributed by atoms with Gasteiger partial charge in [-0.05, 0) is 98.5 Å². The van der Waals surface area contributed by atoms with E-state index in [1.807, 2.05) is 6.92 Å². The fraction of sp³-hybridized carbons (Fsp3) is 0.769. The van der Waals surface area contributed by atoms with Crippen molar-refractivity contribution in [3.8, 4) is 0 Å². The molecule has 5 heteroatoms. The van der Waals surface area contributed by atoms with Crippen LogP contribution in [-0.4, -0.2) is 25.7 Å². The lowest BCUT2D eigenvalue weighted by atomic mass is 9.45. The summed E-state index contributed by atoms with van der Waals surface area (Å²) in [5, 5.41) is 11.3. The Hall–Kier alpha value is -0.910. The number of rotatable bonds is 3. The van der Waals surface area contributed by atoms with Gasteiger partial charge in [-0.2, -0.15) is 8.42 Å². The Kier molecular flexibility index (Phi) is 5.35. The van der Waals surface area contributed by atoms with Crippen LogP contribution in [0.2, 0.25) is 0 Å². The van der Waals surface area contributed by atoms with Crippen molar-refractivity contribution in [3.63, 3.8) is 0 Å². The molecule has 0 heterocycles. The molecule has 0 spiro atoms. The van der Waals surface area contributed by atoms with Gasteiger partial charge in [-0.25, -0.2) is 0 Å². The average molecular weight is 447 g/mol. The van der Waals surface area contributed by atoms with Gasteiger partial charge in [0.25, 0.3) is 10.1 Å². The summed E-state index contributed by atoms with van der Waals surface area (Å²) in [5.74, 6) is 2.50. The molecule has 0 bridgehead atoms. The molecule has 4 nitrogen and oxygen atoms in total. The molecule has 1 aromatic rings. The Balaban J connectivity index is 1.39. The van der Waals surface area contributed by atoms with Crippen LogP contribution in [0.4, 0.5) is 0 Å². The van der Waals surface area contributed by atoms with E-state index >= 15 is 0 Å². The van der Waals surface area contributed by atoms with Crippen LogP contribution in [0.15, 0.2) is 29.2 Å². The molecule has 0 unspecified atom stereocenters. The molecule has 4 saturated carbocycles. The smallest absolute Gasteiger partial charge is 0.297 e. The highest BCUT2D eigenvalue weighted by atomic mass is 32.2. The Labute approximate surface area is 187 Å². The SMILES string of the molecule is Cc1ccc(S(=O)(=O)O[C@@H]2C[C@@H]3[C@@H]4CC[C@H]5CCCC[C@]5(C)[C@@H]4CC[C@@]3(C)[C@H]2O)cc1. The minimum atomic E-state index is -3.88. The largest absolute Gasteiger partial charge is 0.390 e. The molecule has 0 aromatic heterocycles. The Bertz CT molecular complexity index is 925. The predicted molar refractivity (Wildman–Crippen MR) is 121 cm³/mol. The van der Waals surface area contributed by atoms with Crippen molar-refractivity contribution in [3.05, 3.63) is 29.8 Å². The van der Waals surface area contributed by atoms with Crippen molar-refractivity contribution in [1.29, 1.82) is 0 Å². The fourth-order valence-corrected chi connectivity index (χ4v) is 9.36. The molecule has 4 aliphatic rings. The van der Waals surface area contributed by atoms with Crippen molar-refractivity contribution in [1.82, 2.24) is 0 Å². The minimum Gasteiger partial charge on any atom is -0.390 e. The monoisotopic (exact) mass is 446 g/mol. The Morgan fingerprint density at radius 3 is 2.42 bits per heavy atom. The number of hydrogen-bond acceptors (Lipinski definition) is 4. The van der Waals surface area contributed by atoms with E-state index in [-0.39, 0.29) is 10.3 Å². The van der Waals surface area contributed by atoms with Crippen molar-refractivity contribution in [2.75, 3.05) is 0 Å². The van der Waals surface area contributed by atoms with Gasteiger partial charge in [0.2, 0.25) is 0 Å². The second kappa shape index (κ2) is 7.56. The van der Waals surface area contributed by atoms with E-state index in [9.17, 15) is 13.5 Å². The van der Waals surface area contributed by atoms with E-state index in [4.69, 9.17) is 4.18 Å². The zero-order valence-corrected chi connectivity index (χ0v) is 20.0. The van der Waals surface area contributed by atoms with Crippen molar-refractivity contribution >= 4 is 10.1 Å². The van der Waals surface area contributed by atoms with E-state index in [1.165, 1.54) is 44.9 Å². The van der Waals surface area contributed by atoms with Gasteiger partial charge >= 0.3 is 0 Å². The summed E-state index contributed by atoms with van der Waals surface area (Å²) in [4.78, 5) is 0.179. The fourth-order valence-electron chi connectivity index (χ4n) is 8.27. The third-order valence-electron chi connectivity index (χ3n) is 10.1. The van der Waals surface area contributed by atoms with E-state index in [2.05, 4.69) is 13.8 Å². The second-order valence-electron chi connectivity index (χ2n) is 11.5. The van der Waals surface area contributed by atoms with Crippen molar-refractivity contribution < 1.29 is 17.7 Å². The normalized spacial score (nSPS) is 44.9. The molecule has 4 fully saturated rings. The first-order chi connectivity index (χ1) is 14.6. The van der Waals surface area contributed by atoms with Crippen LogP contribution in [0.25, 0.3) is 0 Å². The third kappa shape index (κ3) is 3.41. The van der Waals surface area contributed by atoms with Gasteiger partial charge in [0, 0.05) is 0 Å². The van der Waals surface area contributed by atoms with Gasteiger partial charge in [-0.1, -0.05) is 44.4 Å². The van der Waals surface area contributed by atoms with E-state index in [0.717, 1.165) is 17.9 Å². The third-order valence-corrected chi connectivity index (χ3v) is 11.4. The summed E-state index contributed by atoms with van der Waals surface area (Å²) in [7, 11) is -3.88. The molecule has 4 aliphatic carbocycles. The molecule has 31 heavy (non-hydrogen) atoms. The maximum atomic E-state index is 12.9.